The van der Waals surface area contributed by atoms with Crippen molar-refractivity contribution in [2.45, 2.75) is 13.1 Å². The van der Waals surface area contributed by atoms with Gasteiger partial charge in [-0.25, -0.2) is 4.98 Å². The van der Waals surface area contributed by atoms with Crippen LogP contribution >= 0.6 is 24.0 Å². The van der Waals surface area contributed by atoms with Gasteiger partial charge in [0.2, 0.25) is 0 Å². The molecule has 0 aromatic carbocycles. The van der Waals surface area contributed by atoms with Crippen molar-refractivity contribution in [1.29, 1.82) is 0 Å². The number of hydrogen-bond donors (Lipinski definition) is 1. The summed E-state index contributed by atoms with van der Waals surface area (Å²) >= 11 is 0. The molecule has 0 radical (unpaired) electrons. The molecule has 1 fully saturated rings. The summed E-state index contributed by atoms with van der Waals surface area (Å²) in [7, 11) is 1.83. The number of pyridine rings is 1. The number of hydrogen-bond acceptors (Lipinski definition) is 5. The molecular formula is C18H24IN7O. The summed E-state index contributed by atoms with van der Waals surface area (Å²) in [6.07, 6.45) is 5.68. The van der Waals surface area contributed by atoms with E-state index >= 15 is 0 Å². The van der Waals surface area contributed by atoms with Crippen molar-refractivity contribution in [3.05, 3.63) is 54.3 Å². The number of nitrogens with zero attached hydrogens (tertiary/aromatic N) is 6. The Morgan fingerprint density at radius 2 is 2.04 bits per heavy atom. The van der Waals surface area contributed by atoms with Crippen molar-refractivity contribution in [2.75, 3.05) is 33.2 Å². The fourth-order valence-electron chi connectivity index (χ4n) is 3.24. The molecule has 1 N–H and O–H groups in total. The van der Waals surface area contributed by atoms with Crippen LogP contribution in [-0.4, -0.2) is 63.5 Å². The number of halogens is 1. The SMILES string of the molecule is CN=C(NCc1cn2ccccc2n1)N1CCN(Cc2ccon2)CC1.I. The van der Waals surface area contributed by atoms with E-state index in [1.54, 1.807) is 6.26 Å². The van der Waals surface area contributed by atoms with Crippen molar-refractivity contribution in [2.24, 2.45) is 4.99 Å². The molecule has 0 atom stereocenters. The normalized spacial score (nSPS) is 15.7. The lowest BCUT2D eigenvalue weighted by Crippen LogP contribution is -2.52. The van der Waals surface area contributed by atoms with Crippen molar-refractivity contribution in [3.8, 4) is 0 Å². The zero-order valence-corrected chi connectivity index (χ0v) is 17.6. The van der Waals surface area contributed by atoms with Crippen molar-refractivity contribution >= 4 is 35.6 Å². The number of aromatic nitrogens is 3. The summed E-state index contributed by atoms with van der Waals surface area (Å²) < 4.78 is 6.93. The Balaban J connectivity index is 0.00000210. The fraction of sp³-hybridized carbons (Fsp3) is 0.389. The lowest BCUT2D eigenvalue weighted by molar-refractivity contribution is 0.169. The van der Waals surface area contributed by atoms with E-state index in [0.717, 1.165) is 55.7 Å². The van der Waals surface area contributed by atoms with Gasteiger partial charge in [-0.2, -0.15) is 0 Å². The molecule has 1 aliphatic heterocycles. The van der Waals surface area contributed by atoms with Crippen LogP contribution in [0.25, 0.3) is 5.65 Å². The molecule has 4 heterocycles. The second-order valence-electron chi connectivity index (χ2n) is 6.35. The number of rotatable bonds is 4. The topological polar surface area (TPSA) is 74.2 Å². The molecule has 3 aromatic rings. The van der Waals surface area contributed by atoms with Gasteiger partial charge in [-0.15, -0.1) is 24.0 Å². The van der Waals surface area contributed by atoms with Crippen LogP contribution in [0.4, 0.5) is 0 Å². The Labute approximate surface area is 175 Å². The van der Waals surface area contributed by atoms with E-state index in [0.29, 0.717) is 6.54 Å². The summed E-state index contributed by atoms with van der Waals surface area (Å²) in [6, 6.07) is 7.93. The maximum absolute atomic E-state index is 4.90. The quantitative estimate of drug-likeness (QED) is 0.349. The summed E-state index contributed by atoms with van der Waals surface area (Å²) in [4.78, 5) is 13.7. The largest absolute Gasteiger partial charge is 0.364 e. The standard InChI is InChI=1S/C18H23N7O.HI/c1-19-18(20-12-16-14-25-6-3-2-4-17(25)21-16)24-9-7-23(8-10-24)13-15-5-11-26-22-15;/h2-6,11,14H,7-10,12-13H2,1H3,(H,19,20);1H. The highest BCUT2D eigenvalue weighted by atomic mass is 127. The molecule has 3 aromatic heterocycles. The minimum atomic E-state index is 0. The molecule has 0 bridgehead atoms. The minimum Gasteiger partial charge on any atom is -0.364 e. The van der Waals surface area contributed by atoms with Crippen LogP contribution in [0.3, 0.4) is 0 Å². The van der Waals surface area contributed by atoms with Gasteiger partial charge in [-0.1, -0.05) is 11.2 Å². The Bertz CT molecular complexity index is 836. The predicted molar refractivity (Wildman–Crippen MR) is 114 cm³/mol. The molecule has 27 heavy (non-hydrogen) atoms. The lowest BCUT2D eigenvalue weighted by atomic mass is 10.3. The van der Waals surface area contributed by atoms with Gasteiger partial charge in [0.1, 0.15) is 11.9 Å². The first-order valence-corrected chi connectivity index (χ1v) is 8.81. The van der Waals surface area contributed by atoms with E-state index in [-0.39, 0.29) is 24.0 Å². The number of nitrogens with one attached hydrogen (secondary N) is 1. The molecule has 1 saturated heterocycles. The average molecular weight is 481 g/mol. The maximum Gasteiger partial charge on any atom is 0.194 e. The van der Waals surface area contributed by atoms with Crippen LogP contribution < -0.4 is 5.32 Å². The van der Waals surface area contributed by atoms with Gasteiger partial charge >= 0.3 is 0 Å². The highest BCUT2D eigenvalue weighted by Crippen LogP contribution is 2.08. The van der Waals surface area contributed by atoms with Crippen LogP contribution in [0, 0.1) is 0 Å². The summed E-state index contributed by atoms with van der Waals surface area (Å²) in [5.41, 5.74) is 2.94. The van der Waals surface area contributed by atoms with Gasteiger partial charge in [0.25, 0.3) is 0 Å². The third-order valence-electron chi connectivity index (χ3n) is 4.60. The maximum atomic E-state index is 4.90. The fourth-order valence-corrected chi connectivity index (χ4v) is 3.24. The number of fused-ring (bicyclic) bond motifs is 1. The number of piperazine rings is 1. The van der Waals surface area contributed by atoms with Crippen LogP contribution in [0.5, 0.6) is 0 Å². The zero-order chi connectivity index (χ0) is 17.8. The van der Waals surface area contributed by atoms with Crippen LogP contribution in [0.2, 0.25) is 0 Å². The van der Waals surface area contributed by atoms with Crippen molar-refractivity contribution < 1.29 is 4.52 Å². The third kappa shape index (κ3) is 4.78. The van der Waals surface area contributed by atoms with Crippen LogP contribution in [0.1, 0.15) is 11.4 Å². The Morgan fingerprint density at radius 1 is 1.19 bits per heavy atom. The number of guanidine groups is 1. The van der Waals surface area contributed by atoms with Gasteiger partial charge in [0.05, 0.1) is 17.9 Å². The third-order valence-corrected chi connectivity index (χ3v) is 4.60. The average Bonchev–Trinajstić information content (AvgIpc) is 3.32. The molecular weight excluding hydrogens is 457 g/mol. The van der Waals surface area contributed by atoms with Crippen LogP contribution in [0.15, 0.2) is 52.4 Å². The molecule has 1 aliphatic rings. The number of imidazole rings is 1. The highest BCUT2D eigenvalue weighted by molar-refractivity contribution is 14.0. The molecule has 0 aliphatic carbocycles. The Kier molecular flexibility index (Phi) is 6.67. The summed E-state index contributed by atoms with van der Waals surface area (Å²) in [5.74, 6) is 0.920. The van der Waals surface area contributed by atoms with Gasteiger partial charge in [-0.3, -0.25) is 9.89 Å². The second kappa shape index (κ2) is 9.18. The van der Waals surface area contributed by atoms with E-state index in [1.807, 2.05) is 48.1 Å². The smallest absolute Gasteiger partial charge is 0.194 e. The molecule has 9 heteroatoms. The first-order chi connectivity index (χ1) is 12.8. The van der Waals surface area contributed by atoms with Crippen molar-refractivity contribution in [1.82, 2.24) is 29.7 Å². The van der Waals surface area contributed by atoms with E-state index in [1.165, 1.54) is 0 Å². The monoisotopic (exact) mass is 481 g/mol. The first-order valence-electron chi connectivity index (χ1n) is 8.81. The van der Waals surface area contributed by atoms with E-state index in [9.17, 15) is 0 Å². The predicted octanol–water partition coefficient (Wildman–Crippen LogP) is 1.83. The first kappa shape index (κ1) is 19.6. The molecule has 0 amide bonds. The highest BCUT2D eigenvalue weighted by Gasteiger charge is 2.20. The van der Waals surface area contributed by atoms with E-state index < -0.39 is 0 Å². The molecule has 0 unspecified atom stereocenters. The van der Waals surface area contributed by atoms with Gasteiger partial charge in [0, 0.05) is 58.2 Å². The van der Waals surface area contributed by atoms with E-state index in [4.69, 9.17) is 4.52 Å². The Morgan fingerprint density at radius 3 is 2.74 bits per heavy atom. The summed E-state index contributed by atoms with van der Waals surface area (Å²) in [6.45, 7) is 5.31. The molecule has 144 valence electrons. The van der Waals surface area contributed by atoms with E-state index in [2.05, 4.69) is 30.2 Å². The second-order valence-corrected chi connectivity index (χ2v) is 6.35. The van der Waals surface area contributed by atoms with Gasteiger partial charge < -0.3 is 19.1 Å². The summed E-state index contributed by atoms with van der Waals surface area (Å²) in [5, 5.41) is 7.42. The molecule has 4 rings (SSSR count). The van der Waals surface area contributed by atoms with Crippen LogP contribution in [-0.2, 0) is 13.1 Å². The van der Waals surface area contributed by atoms with Gasteiger partial charge in [0.15, 0.2) is 5.96 Å². The molecule has 0 spiro atoms. The molecule has 0 saturated carbocycles. The number of aliphatic imine (C=N–C) groups is 1. The molecule has 8 nitrogen and oxygen atoms in total. The minimum absolute atomic E-state index is 0. The zero-order valence-electron chi connectivity index (χ0n) is 15.3. The van der Waals surface area contributed by atoms with Crippen molar-refractivity contribution in [3.63, 3.8) is 0 Å². The Hall–Kier alpha value is -2.14. The van der Waals surface area contributed by atoms with Gasteiger partial charge in [-0.05, 0) is 12.1 Å². The lowest BCUT2D eigenvalue weighted by Gasteiger charge is -2.36.